The van der Waals surface area contributed by atoms with Gasteiger partial charge in [-0.1, -0.05) is 12.3 Å². The number of thiazole rings is 1. The highest BCUT2D eigenvalue weighted by Crippen LogP contribution is 2.38. The van der Waals surface area contributed by atoms with Gasteiger partial charge in [-0.2, -0.15) is 0 Å². The van der Waals surface area contributed by atoms with Crippen LogP contribution in [0.25, 0.3) is 0 Å². The molecule has 2 nitrogen and oxygen atoms in total. The van der Waals surface area contributed by atoms with Crippen molar-refractivity contribution in [3.63, 3.8) is 0 Å². The maximum absolute atomic E-state index is 4.48. The average molecular weight is 220 g/mol. The number of hydrogen-bond donors (Lipinski definition) is 1. The third-order valence-electron chi connectivity index (χ3n) is 2.72. The topological polar surface area (TPSA) is 24.9 Å². The van der Waals surface area contributed by atoms with Crippen LogP contribution in [0, 0.1) is 11.8 Å². The van der Waals surface area contributed by atoms with Crippen LogP contribution in [0.15, 0.2) is 6.20 Å². The number of nitrogens with one attached hydrogen (secondary N) is 1. The normalized spacial score (nSPS) is 15.5. The molecule has 1 aromatic heterocycles. The monoisotopic (exact) mass is 220 g/mol. The van der Waals surface area contributed by atoms with E-state index in [1.165, 1.54) is 29.1 Å². The van der Waals surface area contributed by atoms with Gasteiger partial charge in [-0.05, 0) is 19.8 Å². The molecule has 1 aliphatic rings. The molecule has 1 aromatic rings. The Morgan fingerprint density at radius 3 is 3.13 bits per heavy atom. The second-order valence-corrected chi connectivity index (χ2v) is 4.97. The lowest BCUT2D eigenvalue weighted by molar-refractivity contribution is 0.418. The van der Waals surface area contributed by atoms with Gasteiger partial charge in [0.15, 0.2) is 0 Å². The Morgan fingerprint density at radius 2 is 2.47 bits per heavy atom. The standard InChI is InChI=1S/C12H16N2S/c1-2-3-7-13-8-11-9-14-12(15-11)10-5-4-6-10/h9-10,13H,4-8H2,1H3. The molecule has 1 fully saturated rings. The van der Waals surface area contributed by atoms with E-state index in [4.69, 9.17) is 0 Å². The molecule has 0 amide bonds. The van der Waals surface area contributed by atoms with Crippen molar-refractivity contribution < 1.29 is 0 Å². The molecule has 0 aliphatic heterocycles. The smallest absolute Gasteiger partial charge is 0.0959 e. The van der Waals surface area contributed by atoms with E-state index in [9.17, 15) is 0 Å². The van der Waals surface area contributed by atoms with Gasteiger partial charge in [0, 0.05) is 23.5 Å². The van der Waals surface area contributed by atoms with Crippen molar-refractivity contribution in [2.75, 3.05) is 6.54 Å². The molecule has 1 aliphatic carbocycles. The number of aromatic nitrogens is 1. The first kappa shape index (κ1) is 10.7. The summed E-state index contributed by atoms with van der Waals surface area (Å²) in [4.78, 5) is 5.81. The molecule has 0 unspecified atom stereocenters. The summed E-state index contributed by atoms with van der Waals surface area (Å²) in [6, 6.07) is 0. The van der Waals surface area contributed by atoms with Crippen molar-refractivity contribution in [2.45, 2.75) is 38.6 Å². The summed E-state index contributed by atoms with van der Waals surface area (Å²) in [5.74, 6) is 6.63. The SMILES string of the molecule is CC#CCNCc1cnc(C2CCC2)s1. The predicted octanol–water partition coefficient (Wildman–Crippen LogP) is 2.52. The number of rotatable bonds is 4. The van der Waals surface area contributed by atoms with Crippen LogP contribution in [0.1, 0.15) is 42.0 Å². The molecule has 2 rings (SSSR count). The quantitative estimate of drug-likeness (QED) is 0.623. The minimum Gasteiger partial charge on any atom is -0.301 e. The van der Waals surface area contributed by atoms with Gasteiger partial charge < -0.3 is 5.32 Å². The third kappa shape index (κ3) is 2.80. The molecule has 1 heterocycles. The summed E-state index contributed by atoms with van der Waals surface area (Å²) in [7, 11) is 0. The molecule has 1 saturated carbocycles. The Balaban J connectivity index is 1.80. The molecule has 80 valence electrons. The lowest BCUT2D eigenvalue weighted by Gasteiger charge is -2.22. The lowest BCUT2D eigenvalue weighted by Crippen LogP contribution is -2.12. The van der Waals surface area contributed by atoms with E-state index in [-0.39, 0.29) is 0 Å². The third-order valence-corrected chi connectivity index (χ3v) is 3.88. The van der Waals surface area contributed by atoms with E-state index in [1.54, 1.807) is 0 Å². The molecule has 3 heteroatoms. The molecule has 1 N–H and O–H groups in total. The van der Waals surface area contributed by atoms with Crippen LogP contribution < -0.4 is 5.32 Å². The van der Waals surface area contributed by atoms with Crippen molar-refractivity contribution in [3.8, 4) is 11.8 Å². The fourth-order valence-corrected chi connectivity index (χ4v) is 2.64. The van der Waals surface area contributed by atoms with Crippen molar-refractivity contribution >= 4 is 11.3 Å². The van der Waals surface area contributed by atoms with E-state index >= 15 is 0 Å². The molecule has 0 atom stereocenters. The van der Waals surface area contributed by atoms with E-state index < -0.39 is 0 Å². The summed E-state index contributed by atoms with van der Waals surface area (Å²) < 4.78 is 0. The van der Waals surface area contributed by atoms with Gasteiger partial charge in [0.05, 0.1) is 11.6 Å². The molecule has 15 heavy (non-hydrogen) atoms. The van der Waals surface area contributed by atoms with Gasteiger partial charge in [0.2, 0.25) is 0 Å². The molecule has 0 bridgehead atoms. The second-order valence-electron chi connectivity index (χ2n) is 3.82. The Kier molecular flexibility index (Phi) is 3.76. The first-order valence-corrected chi connectivity index (χ1v) is 6.26. The zero-order valence-corrected chi connectivity index (χ0v) is 9.86. The average Bonchev–Trinajstić information content (AvgIpc) is 2.58. The maximum Gasteiger partial charge on any atom is 0.0959 e. The van der Waals surface area contributed by atoms with Gasteiger partial charge in [-0.25, -0.2) is 4.98 Å². The maximum atomic E-state index is 4.48. The largest absolute Gasteiger partial charge is 0.301 e. The van der Waals surface area contributed by atoms with Crippen LogP contribution in [0.4, 0.5) is 0 Å². The van der Waals surface area contributed by atoms with E-state index in [1.807, 2.05) is 24.5 Å². The van der Waals surface area contributed by atoms with Crippen LogP contribution in [-0.4, -0.2) is 11.5 Å². The van der Waals surface area contributed by atoms with Gasteiger partial charge >= 0.3 is 0 Å². The first-order chi connectivity index (χ1) is 7.40. The van der Waals surface area contributed by atoms with E-state index in [0.717, 1.165) is 19.0 Å². The molecular weight excluding hydrogens is 204 g/mol. The van der Waals surface area contributed by atoms with Crippen LogP contribution in [0.5, 0.6) is 0 Å². The van der Waals surface area contributed by atoms with E-state index in [0.29, 0.717) is 0 Å². The van der Waals surface area contributed by atoms with Crippen LogP contribution in [0.3, 0.4) is 0 Å². The summed E-state index contributed by atoms with van der Waals surface area (Å²) in [5, 5.41) is 4.62. The lowest BCUT2D eigenvalue weighted by atomic mass is 9.86. The highest BCUT2D eigenvalue weighted by molar-refractivity contribution is 7.11. The molecule has 0 aromatic carbocycles. The summed E-state index contributed by atoms with van der Waals surface area (Å²) in [5.41, 5.74) is 0. The van der Waals surface area contributed by atoms with Crippen molar-refractivity contribution in [3.05, 3.63) is 16.1 Å². The van der Waals surface area contributed by atoms with E-state index in [2.05, 4.69) is 22.1 Å². The summed E-state index contributed by atoms with van der Waals surface area (Å²) >= 11 is 1.85. The Labute approximate surface area is 95.1 Å². The number of nitrogens with zero attached hydrogens (tertiary/aromatic N) is 1. The Hall–Kier alpha value is -0.850. The Morgan fingerprint density at radius 1 is 1.60 bits per heavy atom. The minimum absolute atomic E-state index is 0.763. The number of hydrogen-bond acceptors (Lipinski definition) is 3. The summed E-state index contributed by atoms with van der Waals surface area (Å²) in [6.07, 6.45) is 6.05. The van der Waals surface area contributed by atoms with Crippen LogP contribution in [-0.2, 0) is 6.54 Å². The Bertz CT molecular complexity index is 368. The van der Waals surface area contributed by atoms with Crippen LogP contribution in [0.2, 0.25) is 0 Å². The minimum atomic E-state index is 0.763. The molecule has 0 radical (unpaired) electrons. The zero-order valence-electron chi connectivity index (χ0n) is 9.05. The predicted molar refractivity (Wildman–Crippen MR) is 63.9 cm³/mol. The van der Waals surface area contributed by atoms with Crippen molar-refractivity contribution in [2.24, 2.45) is 0 Å². The molecule has 0 saturated heterocycles. The first-order valence-electron chi connectivity index (χ1n) is 5.45. The summed E-state index contributed by atoms with van der Waals surface area (Å²) in [6.45, 7) is 3.54. The highest BCUT2D eigenvalue weighted by Gasteiger charge is 2.22. The van der Waals surface area contributed by atoms with Crippen molar-refractivity contribution in [1.29, 1.82) is 0 Å². The molecular formula is C12H16N2S. The van der Waals surface area contributed by atoms with Gasteiger partial charge in [-0.3, -0.25) is 0 Å². The zero-order chi connectivity index (χ0) is 10.5. The fourth-order valence-electron chi connectivity index (χ4n) is 1.58. The van der Waals surface area contributed by atoms with Crippen molar-refractivity contribution in [1.82, 2.24) is 10.3 Å². The second kappa shape index (κ2) is 5.29. The van der Waals surface area contributed by atoms with Gasteiger partial charge in [0.1, 0.15) is 0 Å². The van der Waals surface area contributed by atoms with Crippen LogP contribution >= 0.6 is 11.3 Å². The fraction of sp³-hybridized carbons (Fsp3) is 0.583. The van der Waals surface area contributed by atoms with Gasteiger partial charge in [0.25, 0.3) is 0 Å². The molecule has 0 spiro atoms. The highest BCUT2D eigenvalue weighted by atomic mass is 32.1. The van der Waals surface area contributed by atoms with Gasteiger partial charge in [-0.15, -0.1) is 17.3 Å².